The van der Waals surface area contributed by atoms with Gasteiger partial charge in [0.25, 0.3) is 0 Å². The molecule has 1 amide bonds. The number of methoxy groups -OCH3 is 1. The maximum atomic E-state index is 12.0. The third-order valence-corrected chi connectivity index (χ3v) is 4.55. The van der Waals surface area contributed by atoms with Gasteiger partial charge in [-0.3, -0.25) is 4.79 Å². The van der Waals surface area contributed by atoms with E-state index in [4.69, 9.17) is 10.5 Å². The van der Waals surface area contributed by atoms with Gasteiger partial charge in [0.15, 0.2) is 0 Å². The molecule has 2 N–H and O–H groups in total. The lowest BCUT2D eigenvalue weighted by Gasteiger charge is -2.30. The number of halogens is 1. The molecular weight excluding hydrogens is 308 g/mol. The van der Waals surface area contributed by atoms with Gasteiger partial charge in [-0.05, 0) is 37.1 Å². The molecule has 0 aliphatic carbocycles. The quantitative estimate of drug-likeness (QED) is 0.843. The molecule has 0 spiro atoms. The van der Waals surface area contributed by atoms with Crippen molar-refractivity contribution in [3.63, 3.8) is 0 Å². The van der Waals surface area contributed by atoms with Crippen LogP contribution in [0.1, 0.15) is 19.3 Å². The highest BCUT2D eigenvalue weighted by atomic mass is 35.5. The smallest absolute Gasteiger partial charge is 0.223 e. The van der Waals surface area contributed by atoms with E-state index in [9.17, 15) is 4.79 Å². The topological polar surface area (TPSA) is 55.6 Å². The van der Waals surface area contributed by atoms with E-state index in [1.165, 1.54) is 4.90 Å². The number of amides is 1. The molecular formula is C15H23ClN2O2S. The lowest BCUT2D eigenvalue weighted by atomic mass is 10.1. The Labute approximate surface area is 136 Å². The summed E-state index contributed by atoms with van der Waals surface area (Å²) in [5, 5.41) is 0. The van der Waals surface area contributed by atoms with Gasteiger partial charge < -0.3 is 15.4 Å². The van der Waals surface area contributed by atoms with Gasteiger partial charge in [-0.1, -0.05) is 0 Å². The molecule has 0 bridgehead atoms. The molecule has 1 aromatic rings. The number of carbonyl (C=O) groups excluding carboxylic acids is 1. The van der Waals surface area contributed by atoms with E-state index in [0.717, 1.165) is 37.4 Å². The first-order valence-electron chi connectivity index (χ1n) is 6.99. The van der Waals surface area contributed by atoms with Gasteiger partial charge in [0.1, 0.15) is 5.75 Å². The maximum Gasteiger partial charge on any atom is 0.223 e. The molecule has 4 nitrogen and oxygen atoms in total. The van der Waals surface area contributed by atoms with E-state index in [1.807, 2.05) is 29.2 Å². The van der Waals surface area contributed by atoms with Crippen LogP contribution in [-0.2, 0) is 4.79 Å². The zero-order valence-corrected chi connectivity index (χ0v) is 13.9. The van der Waals surface area contributed by atoms with E-state index >= 15 is 0 Å². The van der Waals surface area contributed by atoms with Gasteiger partial charge in [0, 0.05) is 36.2 Å². The Morgan fingerprint density at radius 1 is 1.33 bits per heavy atom. The molecule has 0 saturated carbocycles. The molecule has 2 rings (SSSR count). The third-order valence-electron chi connectivity index (χ3n) is 3.54. The number of nitrogens with two attached hydrogens (primary N) is 1. The highest BCUT2D eigenvalue weighted by molar-refractivity contribution is 7.99. The minimum Gasteiger partial charge on any atom is -0.497 e. The number of carbonyl (C=O) groups is 1. The minimum atomic E-state index is 0. The van der Waals surface area contributed by atoms with Gasteiger partial charge in [-0.2, -0.15) is 0 Å². The van der Waals surface area contributed by atoms with Crippen LogP contribution in [0.5, 0.6) is 5.75 Å². The molecule has 0 aromatic heterocycles. The Hall–Kier alpha value is -0.910. The normalized spacial score (nSPS) is 15.4. The predicted octanol–water partition coefficient (Wildman–Crippen LogP) is 2.55. The summed E-state index contributed by atoms with van der Waals surface area (Å²) in [4.78, 5) is 15.2. The summed E-state index contributed by atoms with van der Waals surface area (Å²) in [6, 6.07) is 8.20. The van der Waals surface area contributed by atoms with E-state index in [2.05, 4.69) is 0 Å². The average Bonchev–Trinajstić information content (AvgIpc) is 2.48. The number of hydrogen-bond donors (Lipinski definition) is 1. The summed E-state index contributed by atoms with van der Waals surface area (Å²) in [5.74, 6) is 1.92. The molecule has 21 heavy (non-hydrogen) atoms. The first-order valence-corrected chi connectivity index (χ1v) is 7.98. The summed E-state index contributed by atoms with van der Waals surface area (Å²) >= 11 is 1.70. The van der Waals surface area contributed by atoms with Crippen LogP contribution in [0.2, 0.25) is 0 Å². The highest BCUT2D eigenvalue weighted by Gasteiger charge is 2.19. The molecule has 118 valence electrons. The molecule has 0 atom stereocenters. The lowest BCUT2D eigenvalue weighted by Crippen LogP contribution is -2.42. The van der Waals surface area contributed by atoms with Crippen molar-refractivity contribution in [3.8, 4) is 5.75 Å². The molecule has 1 saturated heterocycles. The zero-order valence-electron chi connectivity index (χ0n) is 12.3. The number of piperidine rings is 1. The first kappa shape index (κ1) is 18.1. The van der Waals surface area contributed by atoms with E-state index in [-0.39, 0.29) is 24.4 Å². The Morgan fingerprint density at radius 2 is 1.95 bits per heavy atom. The van der Waals surface area contributed by atoms with Crippen LogP contribution in [0.15, 0.2) is 29.2 Å². The van der Waals surface area contributed by atoms with Crippen LogP contribution in [0.3, 0.4) is 0 Å². The SMILES string of the molecule is COc1ccc(SCCC(=O)N2CCC(N)CC2)cc1.Cl. The average molecular weight is 331 g/mol. The predicted molar refractivity (Wildman–Crippen MR) is 89.4 cm³/mol. The number of rotatable bonds is 5. The fourth-order valence-corrected chi connectivity index (χ4v) is 3.08. The van der Waals surface area contributed by atoms with Crippen molar-refractivity contribution in [2.75, 3.05) is 26.0 Å². The second-order valence-electron chi connectivity index (χ2n) is 4.99. The maximum absolute atomic E-state index is 12.0. The summed E-state index contributed by atoms with van der Waals surface area (Å²) in [7, 11) is 1.66. The number of likely N-dealkylation sites (tertiary alicyclic amines) is 1. The molecule has 1 aliphatic rings. The van der Waals surface area contributed by atoms with E-state index in [1.54, 1.807) is 18.9 Å². The standard InChI is InChI=1S/C15H22N2O2S.ClH/c1-19-13-2-4-14(5-3-13)20-11-8-15(18)17-9-6-12(16)7-10-17;/h2-5,12H,6-11,16H2,1H3;1H. The second-order valence-corrected chi connectivity index (χ2v) is 6.16. The van der Waals surface area contributed by atoms with Crippen molar-refractivity contribution in [1.82, 2.24) is 4.90 Å². The molecule has 1 heterocycles. The largest absolute Gasteiger partial charge is 0.497 e. The molecule has 1 aliphatic heterocycles. The fraction of sp³-hybridized carbons (Fsp3) is 0.533. The van der Waals surface area contributed by atoms with Gasteiger partial charge in [-0.25, -0.2) is 0 Å². The highest BCUT2D eigenvalue weighted by Crippen LogP contribution is 2.22. The van der Waals surface area contributed by atoms with Gasteiger partial charge in [0.2, 0.25) is 5.91 Å². The number of thioether (sulfide) groups is 1. The minimum absolute atomic E-state index is 0. The van der Waals surface area contributed by atoms with Gasteiger partial charge >= 0.3 is 0 Å². The Balaban J connectivity index is 0.00000220. The molecule has 6 heteroatoms. The van der Waals surface area contributed by atoms with Crippen LogP contribution in [0.4, 0.5) is 0 Å². The molecule has 1 aromatic carbocycles. The van der Waals surface area contributed by atoms with Crippen molar-refractivity contribution in [3.05, 3.63) is 24.3 Å². The van der Waals surface area contributed by atoms with Crippen molar-refractivity contribution in [2.45, 2.75) is 30.2 Å². The van der Waals surface area contributed by atoms with Crippen LogP contribution >= 0.6 is 24.2 Å². The molecule has 0 unspecified atom stereocenters. The van der Waals surface area contributed by atoms with E-state index < -0.39 is 0 Å². The number of hydrogen-bond acceptors (Lipinski definition) is 4. The lowest BCUT2D eigenvalue weighted by molar-refractivity contribution is -0.131. The third kappa shape index (κ3) is 5.77. The zero-order chi connectivity index (χ0) is 14.4. The molecule has 1 fully saturated rings. The first-order chi connectivity index (χ1) is 9.69. The summed E-state index contributed by atoms with van der Waals surface area (Å²) in [5.41, 5.74) is 5.84. The Morgan fingerprint density at radius 3 is 2.52 bits per heavy atom. The number of ether oxygens (including phenoxy) is 1. The molecule has 0 radical (unpaired) electrons. The second kappa shape index (κ2) is 9.18. The van der Waals surface area contributed by atoms with Crippen LogP contribution < -0.4 is 10.5 Å². The number of nitrogens with zero attached hydrogens (tertiary/aromatic N) is 1. The van der Waals surface area contributed by atoms with Crippen LogP contribution in [0, 0.1) is 0 Å². The van der Waals surface area contributed by atoms with E-state index in [0.29, 0.717) is 6.42 Å². The monoisotopic (exact) mass is 330 g/mol. The van der Waals surface area contributed by atoms with Crippen molar-refractivity contribution in [2.24, 2.45) is 5.73 Å². The van der Waals surface area contributed by atoms with Crippen LogP contribution in [0.25, 0.3) is 0 Å². The number of benzene rings is 1. The summed E-state index contributed by atoms with van der Waals surface area (Å²) < 4.78 is 5.12. The van der Waals surface area contributed by atoms with Crippen molar-refractivity contribution in [1.29, 1.82) is 0 Å². The summed E-state index contributed by atoms with van der Waals surface area (Å²) in [6.07, 6.45) is 2.45. The Bertz CT molecular complexity index is 434. The van der Waals surface area contributed by atoms with Crippen LogP contribution in [-0.4, -0.2) is 42.8 Å². The van der Waals surface area contributed by atoms with Gasteiger partial charge in [0.05, 0.1) is 7.11 Å². The van der Waals surface area contributed by atoms with Crippen molar-refractivity contribution < 1.29 is 9.53 Å². The Kier molecular flexibility index (Phi) is 7.93. The summed E-state index contributed by atoms with van der Waals surface area (Å²) in [6.45, 7) is 1.63. The van der Waals surface area contributed by atoms with Crippen molar-refractivity contribution >= 4 is 30.1 Å². The van der Waals surface area contributed by atoms with Gasteiger partial charge in [-0.15, -0.1) is 24.2 Å². The fourth-order valence-electron chi connectivity index (χ4n) is 2.24.